The molecule has 0 spiro atoms. The maximum absolute atomic E-state index is 12.7. The molecule has 1 aromatic carbocycles. The number of nitrogens with zero attached hydrogens (tertiary/aromatic N) is 1. The van der Waals surface area contributed by atoms with Gasteiger partial charge in [-0.25, -0.2) is 0 Å². The number of carbonyl (C=O) groups is 2. The van der Waals surface area contributed by atoms with Crippen LogP contribution in [-0.2, 0) is 9.59 Å². The number of anilines is 1. The predicted octanol–water partition coefficient (Wildman–Crippen LogP) is 2.10. The van der Waals surface area contributed by atoms with Gasteiger partial charge in [0.2, 0.25) is 11.8 Å². The molecule has 0 aromatic heterocycles. The minimum atomic E-state index is -0.438. The third-order valence-corrected chi connectivity index (χ3v) is 5.92. The summed E-state index contributed by atoms with van der Waals surface area (Å²) in [6.45, 7) is 2.03. The quantitative estimate of drug-likeness (QED) is 0.912. The zero-order valence-corrected chi connectivity index (χ0v) is 14.2. The summed E-state index contributed by atoms with van der Waals surface area (Å²) in [6.07, 6.45) is 1.31. The Bertz CT molecular complexity index is 651. The van der Waals surface area contributed by atoms with Crippen molar-refractivity contribution in [2.45, 2.75) is 30.7 Å². The number of nitrogens with one attached hydrogen (secondary N) is 1. The molecule has 0 aliphatic carbocycles. The van der Waals surface area contributed by atoms with Crippen molar-refractivity contribution in [3.63, 3.8) is 0 Å². The molecule has 1 aromatic rings. The Morgan fingerprint density at radius 2 is 2.17 bits per heavy atom. The Morgan fingerprint density at radius 1 is 1.39 bits per heavy atom. The van der Waals surface area contributed by atoms with E-state index in [-0.39, 0.29) is 16.7 Å². The van der Waals surface area contributed by atoms with E-state index in [1.165, 1.54) is 7.11 Å². The smallest absolute Gasteiger partial charge is 0.248 e. The van der Waals surface area contributed by atoms with Gasteiger partial charge in [0, 0.05) is 18.2 Å². The molecular weight excluding hydrogens is 316 g/mol. The SMILES string of the molecule is COc1ccc(NC(=O)[C@H]2CS[C@]3(C)CCC(=O)N23)c(OC)c1. The van der Waals surface area contributed by atoms with Crippen LogP contribution < -0.4 is 14.8 Å². The largest absolute Gasteiger partial charge is 0.497 e. The van der Waals surface area contributed by atoms with E-state index in [1.807, 2.05) is 6.92 Å². The molecule has 2 fully saturated rings. The summed E-state index contributed by atoms with van der Waals surface area (Å²) in [5.41, 5.74) is 0.573. The number of carbonyl (C=O) groups excluding carboxylic acids is 2. The van der Waals surface area contributed by atoms with E-state index in [1.54, 1.807) is 42.0 Å². The Kier molecular flexibility index (Phi) is 4.14. The van der Waals surface area contributed by atoms with Crippen LogP contribution >= 0.6 is 11.8 Å². The molecule has 2 heterocycles. The molecule has 1 N–H and O–H groups in total. The molecule has 124 valence electrons. The molecule has 0 bridgehead atoms. The monoisotopic (exact) mass is 336 g/mol. The molecule has 2 atom stereocenters. The highest BCUT2D eigenvalue weighted by Crippen LogP contribution is 2.47. The van der Waals surface area contributed by atoms with Crippen molar-refractivity contribution in [2.75, 3.05) is 25.3 Å². The van der Waals surface area contributed by atoms with Gasteiger partial charge >= 0.3 is 0 Å². The lowest BCUT2D eigenvalue weighted by molar-refractivity contribution is -0.135. The van der Waals surface area contributed by atoms with Crippen molar-refractivity contribution < 1.29 is 19.1 Å². The van der Waals surface area contributed by atoms with Gasteiger partial charge < -0.3 is 19.7 Å². The molecule has 2 aliphatic rings. The van der Waals surface area contributed by atoms with E-state index in [9.17, 15) is 9.59 Å². The fourth-order valence-corrected chi connectivity index (χ4v) is 4.56. The van der Waals surface area contributed by atoms with Crippen LogP contribution in [0.25, 0.3) is 0 Å². The Balaban J connectivity index is 1.79. The third kappa shape index (κ3) is 2.73. The van der Waals surface area contributed by atoms with E-state index in [0.29, 0.717) is 29.4 Å². The molecule has 0 saturated carbocycles. The first kappa shape index (κ1) is 16.0. The molecule has 6 nitrogen and oxygen atoms in total. The van der Waals surface area contributed by atoms with Gasteiger partial charge in [-0.05, 0) is 25.5 Å². The average Bonchev–Trinajstić information content (AvgIpc) is 3.04. The van der Waals surface area contributed by atoms with E-state index >= 15 is 0 Å². The van der Waals surface area contributed by atoms with Crippen molar-refractivity contribution in [2.24, 2.45) is 0 Å². The van der Waals surface area contributed by atoms with Crippen molar-refractivity contribution in [1.82, 2.24) is 4.90 Å². The van der Waals surface area contributed by atoms with Gasteiger partial charge in [-0.15, -0.1) is 11.8 Å². The molecule has 23 heavy (non-hydrogen) atoms. The number of hydrogen-bond acceptors (Lipinski definition) is 5. The van der Waals surface area contributed by atoms with Crippen LogP contribution in [-0.4, -0.2) is 47.6 Å². The summed E-state index contributed by atoms with van der Waals surface area (Å²) in [4.78, 5) is 26.3. The number of ether oxygens (including phenoxy) is 2. The highest BCUT2D eigenvalue weighted by Gasteiger charge is 2.52. The fraction of sp³-hybridized carbons (Fsp3) is 0.500. The van der Waals surface area contributed by atoms with Crippen LogP contribution in [0.1, 0.15) is 19.8 Å². The topological polar surface area (TPSA) is 67.9 Å². The molecular formula is C16H20N2O4S. The third-order valence-electron chi connectivity index (χ3n) is 4.41. The van der Waals surface area contributed by atoms with E-state index in [0.717, 1.165) is 6.42 Å². The highest BCUT2D eigenvalue weighted by molar-refractivity contribution is 8.01. The van der Waals surface area contributed by atoms with Gasteiger partial charge in [0.1, 0.15) is 17.5 Å². The molecule has 0 radical (unpaired) electrons. The lowest BCUT2D eigenvalue weighted by Crippen LogP contribution is -2.48. The van der Waals surface area contributed by atoms with Crippen LogP contribution in [0, 0.1) is 0 Å². The lowest BCUT2D eigenvalue weighted by Gasteiger charge is -2.30. The Hall–Kier alpha value is -1.89. The van der Waals surface area contributed by atoms with E-state index in [4.69, 9.17) is 9.47 Å². The first-order valence-corrected chi connectivity index (χ1v) is 8.46. The summed E-state index contributed by atoms with van der Waals surface area (Å²) in [7, 11) is 3.11. The number of fused-ring (bicyclic) bond motifs is 1. The summed E-state index contributed by atoms with van der Waals surface area (Å²) < 4.78 is 10.5. The number of thioether (sulfide) groups is 1. The summed E-state index contributed by atoms with van der Waals surface area (Å²) in [5, 5.41) is 2.88. The number of hydrogen-bond donors (Lipinski definition) is 1. The van der Waals surface area contributed by atoms with Crippen molar-refractivity contribution in [1.29, 1.82) is 0 Å². The second-order valence-corrected chi connectivity index (χ2v) is 7.32. The van der Waals surface area contributed by atoms with Gasteiger partial charge in [-0.1, -0.05) is 0 Å². The molecule has 3 rings (SSSR count). The maximum Gasteiger partial charge on any atom is 0.248 e. The van der Waals surface area contributed by atoms with Crippen molar-refractivity contribution in [3.05, 3.63) is 18.2 Å². The van der Waals surface area contributed by atoms with Gasteiger partial charge in [-0.3, -0.25) is 9.59 Å². The summed E-state index contributed by atoms with van der Waals surface area (Å²) in [6, 6.07) is 4.77. The molecule has 2 amide bonds. The first-order valence-electron chi connectivity index (χ1n) is 7.47. The van der Waals surface area contributed by atoms with Crippen LogP contribution in [0.5, 0.6) is 11.5 Å². The summed E-state index contributed by atoms with van der Waals surface area (Å²) >= 11 is 1.68. The molecule has 7 heteroatoms. The molecule has 2 saturated heterocycles. The van der Waals surface area contributed by atoms with Crippen LogP contribution in [0.15, 0.2) is 18.2 Å². The van der Waals surface area contributed by atoms with Crippen LogP contribution in [0.3, 0.4) is 0 Å². The van der Waals surface area contributed by atoms with E-state index in [2.05, 4.69) is 5.32 Å². The second kappa shape index (κ2) is 5.96. The lowest BCUT2D eigenvalue weighted by atomic mass is 10.2. The van der Waals surface area contributed by atoms with Crippen LogP contribution in [0.4, 0.5) is 5.69 Å². The van der Waals surface area contributed by atoms with E-state index < -0.39 is 6.04 Å². The van der Waals surface area contributed by atoms with Gasteiger partial charge in [0.05, 0.1) is 24.8 Å². The predicted molar refractivity (Wildman–Crippen MR) is 88.9 cm³/mol. The fourth-order valence-electron chi connectivity index (χ4n) is 3.13. The maximum atomic E-state index is 12.7. The Morgan fingerprint density at radius 3 is 2.87 bits per heavy atom. The summed E-state index contributed by atoms with van der Waals surface area (Å²) in [5.74, 6) is 1.67. The van der Waals surface area contributed by atoms with Crippen molar-refractivity contribution >= 4 is 29.3 Å². The second-order valence-electron chi connectivity index (χ2n) is 5.82. The minimum absolute atomic E-state index is 0.0549. The zero-order chi connectivity index (χ0) is 16.6. The number of methoxy groups -OCH3 is 2. The number of benzene rings is 1. The number of amides is 2. The first-order chi connectivity index (χ1) is 11.0. The van der Waals surface area contributed by atoms with Gasteiger partial charge in [0.25, 0.3) is 0 Å². The highest BCUT2D eigenvalue weighted by atomic mass is 32.2. The van der Waals surface area contributed by atoms with Gasteiger partial charge in [-0.2, -0.15) is 0 Å². The number of rotatable bonds is 4. The Labute approximate surface area is 139 Å². The normalized spacial score (nSPS) is 26.1. The van der Waals surface area contributed by atoms with Crippen molar-refractivity contribution in [3.8, 4) is 11.5 Å². The molecule has 0 unspecified atom stereocenters. The minimum Gasteiger partial charge on any atom is -0.497 e. The molecule has 2 aliphatic heterocycles. The van der Waals surface area contributed by atoms with Crippen LogP contribution in [0.2, 0.25) is 0 Å². The zero-order valence-electron chi connectivity index (χ0n) is 13.4. The van der Waals surface area contributed by atoms with Gasteiger partial charge in [0.15, 0.2) is 0 Å². The standard InChI is InChI=1S/C16H20N2O4S/c1-16-7-6-14(19)18(16)12(9-23-16)15(20)17-11-5-4-10(21-2)8-13(11)22-3/h4-5,8,12H,6-7,9H2,1-3H3,(H,17,20)/t12-,16-/m1/s1. The average molecular weight is 336 g/mol.